The van der Waals surface area contributed by atoms with Crippen LogP contribution in [-0.4, -0.2) is 31.4 Å². The van der Waals surface area contributed by atoms with Gasteiger partial charge in [-0.3, -0.25) is 10.1 Å². The molecule has 0 amide bonds. The second-order valence-corrected chi connectivity index (χ2v) is 10.2. The summed E-state index contributed by atoms with van der Waals surface area (Å²) in [6.07, 6.45) is 9.10. The van der Waals surface area contributed by atoms with Crippen LogP contribution in [0, 0.1) is 10.1 Å². The molecular formula is C17H22N2O5Si. The number of hydrogen-bond donors (Lipinski definition) is 0. The molecule has 0 aromatic carbocycles. The monoisotopic (exact) mass is 362 g/mol. The van der Waals surface area contributed by atoms with Crippen LogP contribution >= 0.6 is 0 Å². The Balaban J connectivity index is 1.97. The SMILES string of the molecule is C[Si](C)(Oc1nccc(C2=CCCCO2)c1[N+](=O)[O-])C1=CCCCO1. The molecule has 0 radical (unpaired) electrons. The van der Waals surface area contributed by atoms with Crippen molar-refractivity contribution in [3.05, 3.63) is 45.5 Å². The molecule has 25 heavy (non-hydrogen) atoms. The highest BCUT2D eigenvalue weighted by Crippen LogP contribution is 2.37. The van der Waals surface area contributed by atoms with Crippen LogP contribution in [0.5, 0.6) is 5.88 Å². The summed E-state index contributed by atoms with van der Waals surface area (Å²) in [7, 11) is -2.48. The number of allylic oxidation sites excluding steroid dienone is 2. The third-order valence-electron chi connectivity index (χ3n) is 4.16. The number of hydrogen-bond acceptors (Lipinski definition) is 6. The van der Waals surface area contributed by atoms with E-state index in [1.165, 1.54) is 6.20 Å². The molecule has 0 saturated heterocycles. The van der Waals surface area contributed by atoms with Gasteiger partial charge in [0.15, 0.2) is 0 Å². The predicted octanol–water partition coefficient (Wildman–Crippen LogP) is 3.96. The molecule has 134 valence electrons. The van der Waals surface area contributed by atoms with Crippen LogP contribution in [0.25, 0.3) is 5.76 Å². The van der Waals surface area contributed by atoms with Crippen LogP contribution in [0.1, 0.15) is 31.2 Å². The van der Waals surface area contributed by atoms with Crippen LogP contribution in [0.2, 0.25) is 13.1 Å². The molecule has 0 aliphatic carbocycles. The Morgan fingerprint density at radius 3 is 2.52 bits per heavy atom. The predicted molar refractivity (Wildman–Crippen MR) is 95.4 cm³/mol. The Kier molecular flexibility index (Phi) is 5.07. The van der Waals surface area contributed by atoms with Gasteiger partial charge in [0.1, 0.15) is 16.7 Å². The smallest absolute Gasteiger partial charge is 0.340 e. The highest BCUT2D eigenvalue weighted by Gasteiger charge is 2.37. The van der Waals surface area contributed by atoms with E-state index >= 15 is 0 Å². The summed E-state index contributed by atoms with van der Waals surface area (Å²) in [4.78, 5) is 15.4. The first kappa shape index (κ1) is 17.5. The maximum Gasteiger partial charge on any atom is 0.340 e. The first-order valence-corrected chi connectivity index (χ1v) is 11.4. The highest BCUT2D eigenvalue weighted by atomic mass is 28.4. The summed E-state index contributed by atoms with van der Waals surface area (Å²) < 4.78 is 17.4. The average Bonchev–Trinajstić information content (AvgIpc) is 2.62. The number of rotatable bonds is 5. The van der Waals surface area contributed by atoms with E-state index in [4.69, 9.17) is 13.9 Å². The van der Waals surface area contributed by atoms with Gasteiger partial charge in [-0.05, 0) is 57.0 Å². The molecule has 0 spiro atoms. The van der Waals surface area contributed by atoms with Crippen LogP contribution in [0.3, 0.4) is 0 Å². The Morgan fingerprint density at radius 2 is 1.92 bits per heavy atom. The third kappa shape index (κ3) is 3.84. The lowest BCUT2D eigenvalue weighted by Crippen LogP contribution is -2.40. The Bertz CT molecular complexity index is 730. The van der Waals surface area contributed by atoms with Gasteiger partial charge < -0.3 is 13.9 Å². The first-order valence-electron chi connectivity index (χ1n) is 8.48. The molecule has 7 nitrogen and oxygen atoms in total. The molecular weight excluding hydrogens is 340 g/mol. The Hall–Kier alpha value is -2.35. The first-order chi connectivity index (χ1) is 12.0. The molecule has 8 heteroatoms. The van der Waals surface area contributed by atoms with E-state index in [1.54, 1.807) is 6.07 Å². The van der Waals surface area contributed by atoms with Crippen molar-refractivity contribution < 1.29 is 18.8 Å². The van der Waals surface area contributed by atoms with E-state index in [9.17, 15) is 10.1 Å². The molecule has 0 saturated carbocycles. The maximum atomic E-state index is 11.7. The summed E-state index contributed by atoms with van der Waals surface area (Å²) in [5.74, 6) is 0.558. The molecule has 3 heterocycles. The third-order valence-corrected chi connectivity index (χ3v) is 6.39. The van der Waals surface area contributed by atoms with Gasteiger partial charge in [-0.2, -0.15) is 0 Å². The van der Waals surface area contributed by atoms with Gasteiger partial charge >= 0.3 is 14.0 Å². The number of aromatic nitrogens is 1. The van der Waals surface area contributed by atoms with Gasteiger partial charge in [0.05, 0.1) is 18.1 Å². The molecule has 0 bridgehead atoms. The Labute approximate surface area is 147 Å². The van der Waals surface area contributed by atoms with Crippen molar-refractivity contribution in [2.45, 2.75) is 38.8 Å². The summed E-state index contributed by atoms with van der Waals surface area (Å²) in [6, 6.07) is 1.60. The van der Waals surface area contributed by atoms with Gasteiger partial charge in [0.25, 0.3) is 5.88 Å². The van der Waals surface area contributed by atoms with Gasteiger partial charge in [0, 0.05) is 6.20 Å². The minimum absolute atomic E-state index is 0.0318. The zero-order valence-electron chi connectivity index (χ0n) is 14.5. The largest absolute Gasteiger partial charge is 0.519 e. The summed E-state index contributed by atoms with van der Waals surface area (Å²) in [5.41, 5.74) is 0.269. The fourth-order valence-corrected chi connectivity index (χ4v) is 4.72. The van der Waals surface area contributed by atoms with Crippen molar-refractivity contribution >= 4 is 19.8 Å². The molecule has 1 aromatic rings. The normalized spacial score (nSPS) is 17.7. The summed E-state index contributed by atoms with van der Waals surface area (Å²) in [6.45, 7) is 5.13. The number of nitro groups is 1. The van der Waals surface area contributed by atoms with Crippen LogP contribution in [0.4, 0.5) is 5.69 Å². The highest BCUT2D eigenvalue weighted by molar-refractivity contribution is 6.78. The number of pyridine rings is 1. The van der Waals surface area contributed by atoms with Gasteiger partial charge in [-0.25, -0.2) is 4.98 Å². The topological polar surface area (TPSA) is 83.7 Å². The average molecular weight is 362 g/mol. The molecule has 0 atom stereocenters. The van der Waals surface area contributed by atoms with E-state index in [-0.39, 0.29) is 11.6 Å². The molecule has 0 unspecified atom stereocenters. The van der Waals surface area contributed by atoms with Crippen molar-refractivity contribution in [2.24, 2.45) is 0 Å². The van der Waals surface area contributed by atoms with E-state index in [0.29, 0.717) is 24.5 Å². The summed E-state index contributed by atoms with van der Waals surface area (Å²) >= 11 is 0. The quantitative estimate of drug-likeness (QED) is 0.448. The van der Waals surface area contributed by atoms with Crippen LogP contribution < -0.4 is 4.43 Å². The van der Waals surface area contributed by atoms with Crippen molar-refractivity contribution in [1.82, 2.24) is 4.98 Å². The van der Waals surface area contributed by atoms with Crippen molar-refractivity contribution in [3.8, 4) is 5.88 Å². The minimum atomic E-state index is -2.48. The molecule has 0 N–H and O–H groups in total. The molecule has 1 aromatic heterocycles. The standard InChI is InChI=1S/C17H22N2O5Si/c1-25(2,15-8-4-6-12-23-15)24-17-16(19(20)21)13(9-10-18-17)14-7-3-5-11-22-14/h7-10H,3-6,11-12H2,1-2H3. The number of nitrogens with zero attached hydrogens (tertiary/aromatic N) is 2. The van der Waals surface area contributed by atoms with Crippen molar-refractivity contribution in [3.63, 3.8) is 0 Å². The lowest BCUT2D eigenvalue weighted by atomic mass is 10.1. The minimum Gasteiger partial charge on any atom is -0.519 e. The zero-order valence-corrected chi connectivity index (χ0v) is 15.5. The van der Waals surface area contributed by atoms with E-state index in [0.717, 1.165) is 31.1 Å². The van der Waals surface area contributed by atoms with Crippen LogP contribution in [-0.2, 0) is 9.47 Å². The zero-order chi connectivity index (χ0) is 17.9. The van der Waals surface area contributed by atoms with Crippen molar-refractivity contribution in [1.29, 1.82) is 0 Å². The maximum absolute atomic E-state index is 11.7. The molecule has 3 rings (SSSR count). The second kappa shape index (κ2) is 7.26. The lowest BCUT2D eigenvalue weighted by molar-refractivity contribution is -0.386. The van der Waals surface area contributed by atoms with Crippen molar-refractivity contribution in [2.75, 3.05) is 13.2 Å². The van der Waals surface area contributed by atoms with E-state index in [2.05, 4.69) is 4.98 Å². The summed E-state index contributed by atoms with van der Waals surface area (Å²) in [5, 5.41) is 12.5. The number of ether oxygens (including phenoxy) is 2. The fraction of sp³-hybridized carbons (Fsp3) is 0.471. The molecule has 2 aliphatic heterocycles. The van der Waals surface area contributed by atoms with E-state index < -0.39 is 13.2 Å². The molecule has 2 aliphatic rings. The Morgan fingerprint density at radius 1 is 1.20 bits per heavy atom. The van der Waals surface area contributed by atoms with Gasteiger partial charge in [-0.15, -0.1) is 0 Å². The van der Waals surface area contributed by atoms with Gasteiger partial charge in [-0.1, -0.05) is 0 Å². The van der Waals surface area contributed by atoms with E-state index in [1.807, 2.05) is 25.2 Å². The van der Waals surface area contributed by atoms with Crippen LogP contribution in [0.15, 0.2) is 29.8 Å². The lowest BCUT2D eigenvalue weighted by Gasteiger charge is -2.28. The second-order valence-electron chi connectivity index (χ2n) is 6.50. The van der Waals surface area contributed by atoms with Gasteiger partial charge in [0.2, 0.25) is 0 Å². The fourth-order valence-electron chi connectivity index (χ4n) is 2.90. The molecule has 0 fully saturated rings.